The molecule has 0 heterocycles. The summed E-state index contributed by atoms with van der Waals surface area (Å²) in [7, 11) is -1.45. The molecule has 0 radical (unpaired) electrons. The van der Waals surface area contributed by atoms with E-state index in [4.69, 9.17) is 9.47 Å². The molecule has 0 fully saturated rings. The Balaban J connectivity index is 2.67. The van der Waals surface area contributed by atoms with Gasteiger partial charge in [-0.15, -0.1) is 0 Å². The summed E-state index contributed by atoms with van der Waals surface area (Å²) in [5.41, 5.74) is 0. The fourth-order valence-electron chi connectivity index (χ4n) is 1.36. The highest BCUT2D eigenvalue weighted by molar-refractivity contribution is 7.85. The largest absolute Gasteiger partial charge is 0.352 e. The average molecular weight is 260 g/mol. The van der Waals surface area contributed by atoms with Gasteiger partial charge in [0.1, 0.15) is 5.82 Å². The lowest BCUT2D eigenvalue weighted by Gasteiger charge is -2.16. The SMILES string of the molecule is CCOC(CS(=O)c1ccccc1F)OCC. The van der Waals surface area contributed by atoms with Crippen LogP contribution >= 0.6 is 0 Å². The van der Waals surface area contributed by atoms with Crippen LogP contribution < -0.4 is 0 Å². The Morgan fingerprint density at radius 3 is 2.35 bits per heavy atom. The first-order chi connectivity index (χ1) is 8.19. The van der Waals surface area contributed by atoms with Crippen LogP contribution in [0.5, 0.6) is 0 Å². The predicted octanol–water partition coefficient (Wildman–Crippen LogP) is 2.33. The summed E-state index contributed by atoms with van der Waals surface area (Å²) in [6.07, 6.45) is -0.551. The first kappa shape index (κ1) is 14.3. The van der Waals surface area contributed by atoms with Crippen molar-refractivity contribution in [3.05, 3.63) is 30.1 Å². The highest BCUT2D eigenvalue weighted by atomic mass is 32.2. The summed E-state index contributed by atoms with van der Waals surface area (Å²) in [4.78, 5) is 0.192. The van der Waals surface area contributed by atoms with E-state index >= 15 is 0 Å². The van der Waals surface area contributed by atoms with Crippen molar-refractivity contribution < 1.29 is 18.1 Å². The molecular weight excluding hydrogens is 243 g/mol. The van der Waals surface area contributed by atoms with Crippen molar-refractivity contribution >= 4 is 10.8 Å². The van der Waals surface area contributed by atoms with Crippen molar-refractivity contribution in [3.8, 4) is 0 Å². The number of ether oxygens (including phenoxy) is 2. The molecule has 0 saturated carbocycles. The van der Waals surface area contributed by atoms with E-state index in [9.17, 15) is 8.60 Å². The van der Waals surface area contributed by atoms with Crippen LogP contribution in [0.2, 0.25) is 0 Å². The summed E-state index contributed by atoms with van der Waals surface area (Å²) in [5, 5.41) is 0. The van der Waals surface area contributed by atoms with Crippen LogP contribution in [-0.2, 0) is 20.3 Å². The maximum absolute atomic E-state index is 13.4. The number of rotatable bonds is 7. The molecule has 5 heteroatoms. The van der Waals surface area contributed by atoms with Gasteiger partial charge in [0.2, 0.25) is 0 Å². The van der Waals surface area contributed by atoms with Gasteiger partial charge in [0.15, 0.2) is 6.29 Å². The first-order valence-corrected chi connectivity index (χ1v) is 6.87. The summed E-state index contributed by atoms with van der Waals surface area (Å²) in [6, 6.07) is 6.04. The molecule has 17 heavy (non-hydrogen) atoms. The van der Waals surface area contributed by atoms with E-state index in [2.05, 4.69) is 0 Å². The molecule has 0 N–H and O–H groups in total. The quantitative estimate of drug-likeness (QED) is 0.706. The van der Waals surface area contributed by atoms with E-state index in [1.807, 2.05) is 13.8 Å². The van der Waals surface area contributed by atoms with Crippen LogP contribution in [0.1, 0.15) is 13.8 Å². The Bertz CT molecular complexity index is 365. The Hall–Kier alpha value is -0.780. The molecule has 1 unspecified atom stereocenters. The van der Waals surface area contributed by atoms with Gasteiger partial charge < -0.3 is 9.47 Å². The fraction of sp³-hybridized carbons (Fsp3) is 0.500. The highest BCUT2D eigenvalue weighted by Gasteiger charge is 2.16. The third kappa shape index (κ3) is 4.53. The zero-order chi connectivity index (χ0) is 12.7. The third-order valence-electron chi connectivity index (χ3n) is 2.07. The van der Waals surface area contributed by atoms with Crippen molar-refractivity contribution in [1.29, 1.82) is 0 Å². The molecule has 0 saturated heterocycles. The molecule has 96 valence electrons. The summed E-state index contributed by atoms with van der Waals surface area (Å²) in [5.74, 6) is -0.319. The second-order valence-corrected chi connectivity index (χ2v) is 4.75. The lowest BCUT2D eigenvalue weighted by Crippen LogP contribution is -2.24. The molecule has 1 aromatic rings. The molecule has 0 aliphatic rings. The van der Waals surface area contributed by atoms with Crippen molar-refractivity contribution in [2.24, 2.45) is 0 Å². The molecule has 0 spiro atoms. The lowest BCUT2D eigenvalue weighted by atomic mass is 10.3. The van der Waals surface area contributed by atoms with E-state index in [0.717, 1.165) is 0 Å². The second-order valence-electron chi connectivity index (χ2n) is 3.28. The van der Waals surface area contributed by atoms with Crippen LogP contribution in [0.3, 0.4) is 0 Å². The molecule has 0 bridgehead atoms. The smallest absolute Gasteiger partial charge is 0.169 e. The Labute approximate surface area is 103 Å². The number of benzene rings is 1. The molecule has 3 nitrogen and oxygen atoms in total. The summed E-state index contributed by atoms with van der Waals surface area (Å²) in [6.45, 7) is 4.61. The van der Waals surface area contributed by atoms with Crippen LogP contribution in [-0.4, -0.2) is 29.5 Å². The second kappa shape index (κ2) is 7.53. The van der Waals surface area contributed by atoms with Crippen LogP contribution in [0.4, 0.5) is 4.39 Å². The molecular formula is C12H17FO3S. The maximum Gasteiger partial charge on any atom is 0.169 e. The van der Waals surface area contributed by atoms with Gasteiger partial charge in [0.25, 0.3) is 0 Å². The van der Waals surface area contributed by atoms with Gasteiger partial charge in [-0.05, 0) is 26.0 Å². The van der Waals surface area contributed by atoms with Gasteiger partial charge in [0.05, 0.1) is 21.4 Å². The number of halogens is 1. The van der Waals surface area contributed by atoms with Crippen LogP contribution in [0, 0.1) is 5.82 Å². The molecule has 1 atom stereocenters. The van der Waals surface area contributed by atoms with E-state index in [-0.39, 0.29) is 10.6 Å². The van der Waals surface area contributed by atoms with E-state index < -0.39 is 22.9 Å². The topological polar surface area (TPSA) is 35.5 Å². The third-order valence-corrected chi connectivity index (χ3v) is 3.47. The van der Waals surface area contributed by atoms with Gasteiger partial charge in [-0.1, -0.05) is 12.1 Å². The minimum Gasteiger partial charge on any atom is -0.352 e. The van der Waals surface area contributed by atoms with Gasteiger partial charge >= 0.3 is 0 Å². The Morgan fingerprint density at radius 2 is 1.82 bits per heavy atom. The normalized spacial score (nSPS) is 12.9. The summed E-state index contributed by atoms with van der Waals surface area (Å²) < 4.78 is 35.9. The van der Waals surface area contributed by atoms with Gasteiger partial charge in [0, 0.05) is 13.2 Å². The maximum atomic E-state index is 13.4. The molecule has 0 aliphatic heterocycles. The Kier molecular flexibility index (Phi) is 6.32. The predicted molar refractivity (Wildman–Crippen MR) is 64.7 cm³/mol. The van der Waals surface area contributed by atoms with Crippen molar-refractivity contribution in [2.45, 2.75) is 25.0 Å². The number of hydrogen-bond acceptors (Lipinski definition) is 3. The van der Waals surface area contributed by atoms with Gasteiger partial charge in [-0.3, -0.25) is 4.21 Å². The minimum absolute atomic E-state index is 0.141. The van der Waals surface area contributed by atoms with Crippen molar-refractivity contribution in [1.82, 2.24) is 0 Å². The van der Waals surface area contributed by atoms with Gasteiger partial charge in [-0.2, -0.15) is 0 Å². The zero-order valence-electron chi connectivity index (χ0n) is 10.0. The monoisotopic (exact) mass is 260 g/mol. The van der Waals surface area contributed by atoms with E-state index in [1.54, 1.807) is 12.1 Å². The zero-order valence-corrected chi connectivity index (χ0v) is 10.8. The molecule has 0 aliphatic carbocycles. The first-order valence-electron chi connectivity index (χ1n) is 5.55. The molecule has 0 aromatic heterocycles. The standard InChI is InChI=1S/C12H17FO3S/c1-3-15-12(16-4-2)9-17(14)11-8-6-5-7-10(11)13/h5-8,12H,3-4,9H2,1-2H3. The van der Waals surface area contributed by atoms with E-state index in [1.165, 1.54) is 12.1 Å². The van der Waals surface area contributed by atoms with Crippen LogP contribution in [0.25, 0.3) is 0 Å². The highest BCUT2D eigenvalue weighted by Crippen LogP contribution is 2.13. The average Bonchev–Trinajstić information content (AvgIpc) is 2.30. The fourth-order valence-corrected chi connectivity index (χ4v) is 2.49. The number of hydrogen-bond donors (Lipinski definition) is 0. The van der Waals surface area contributed by atoms with Crippen molar-refractivity contribution in [3.63, 3.8) is 0 Å². The lowest BCUT2D eigenvalue weighted by molar-refractivity contribution is -0.120. The minimum atomic E-state index is -1.45. The van der Waals surface area contributed by atoms with Crippen LogP contribution in [0.15, 0.2) is 29.2 Å². The molecule has 1 aromatic carbocycles. The van der Waals surface area contributed by atoms with Crippen molar-refractivity contribution in [2.75, 3.05) is 19.0 Å². The molecule has 0 amide bonds. The molecule has 1 rings (SSSR count). The Morgan fingerprint density at radius 1 is 1.24 bits per heavy atom. The van der Waals surface area contributed by atoms with Gasteiger partial charge in [-0.25, -0.2) is 4.39 Å². The summed E-state index contributed by atoms with van der Waals surface area (Å²) >= 11 is 0. The van der Waals surface area contributed by atoms with E-state index in [0.29, 0.717) is 13.2 Å².